The topological polar surface area (TPSA) is 49.4 Å². The molecule has 1 unspecified atom stereocenters. The highest BCUT2D eigenvalue weighted by atomic mass is 35.5. The number of anilines is 1. The van der Waals surface area contributed by atoms with Gasteiger partial charge in [-0.05, 0) is 32.0 Å². The van der Waals surface area contributed by atoms with Gasteiger partial charge in [0.1, 0.15) is 0 Å². The fraction of sp³-hybridized carbons (Fsp3) is 0.429. The van der Waals surface area contributed by atoms with Crippen molar-refractivity contribution in [2.24, 2.45) is 5.92 Å². The van der Waals surface area contributed by atoms with Gasteiger partial charge in [0.05, 0.1) is 5.92 Å². The lowest BCUT2D eigenvalue weighted by Crippen LogP contribution is -2.36. The maximum atomic E-state index is 12.1. The van der Waals surface area contributed by atoms with Crippen LogP contribution in [0.2, 0.25) is 10.0 Å². The number of amides is 2. The first-order chi connectivity index (χ1) is 9.36. The van der Waals surface area contributed by atoms with E-state index in [0.717, 1.165) is 0 Å². The molecular formula is C14H16Cl2N2O2. The van der Waals surface area contributed by atoms with E-state index >= 15 is 0 Å². The number of carbonyl (C=O) groups excluding carboxylic acids is 2. The second-order valence-electron chi connectivity index (χ2n) is 5.20. The molecule has 2 amide bonds. The van der Waals surface area contributed by atoms with E-state index in [4.69, 9.17) is 23.2 Å². The fourth-order valence-corrected chi connectivity index (χ4v) is 2.74. The lowest BCUT2D eigenvalue weighted by Gasteiger charge is -2.18. The number of nitrogens with zero attached hydrogens (tertiary/aromatic N) is 1. The Morgan fingerprint density at radius 2 is 1.90 bits per heavy atom. The van der Waals surface area contributed by atoms with Gasteiger partial charge >= 0.3 is 0 Å². The van der Waals surface area contributed by atoms with Crippen LogP contribution in [0, 0.1) is 5.92 Å². The number of rotatable bonds is 3. The van der Waals surface area contributed by atoms with Gasteiger partial charge in [-0.2, -0.15) is 0 Å². The predicted molar refractivity (Wildman–Crippen MR) is 80.2 cm³/mol. The van der Waals surface area contributed by atoms with Gasteiger partial charge in [-0.25, -0.2) is 0 Å². The van der Waals surface area contributed by atoms with Crippen LogP contribution in [0.15, 0.2) is 18.2 Å². The molecule has 1 aromatic carbocycles. The SMILES string of the molecule is CC(C)NC(=O)C1CC(=O)N(c2cc(Cl)cc(Cl)c2)C1. The number of carbonyl (C=O) groups is 2. The number of nitrogens with one attached hydrogen (secondary N) is 1. The fourth-order valence-electron chi connectivity index (χ4n) is 2.23. The van der Waals surface area contributed by atoms with Gasteiger partial charge in [0.2, 0.25) is 11.8 Å². The molecule has 1 fully saturated rings. The molecule has 1 aliphatic heterocycles. The predicted octanol–water partition coefficient (Wildman–Crippen LogP) is 2.87. The van der Waals surface area contributed by atoms with Crippen LogP contribution in [0.5, 0.6) is 0 Å². The summed E-state index contributed by atoms with van der Waals surface area (Å²) in [6.07, 6.45) is 0.211. The van der Waals surface area contributed by atoms with Crippen molar-refractivity contribution >= 4 is 40.7 Å². The summed E-state index contributed by atoms with van der Waals surface area (Å²) in [6.45, 7) is 4.14. The van der Waals surface area contributed by atoms with E-state index in [1.165, 1.54) is 0 Å². The number of halogens is 2. The lowest BCUT2D eigenvalue weighted by molar-refractivity contribution is -0.126. The highest BCUT2D eigenvalue weighted by Gasteiger charge is 2.35. The summed E-state index contributed by atoms with van der Waals surface area (Å²) >= 11 is 11.9. The summed E-state index contributed by atoms with van der Waals surface area (Å²) in [7, 11) is 0. The van der Waals surface area contributed by atoms with Gasteiger partial charge in [0.15, 0.2) is 0 Å². The van der Waals surface area contributed by atoms with E-state index in [1.807, 2.05) is 13.8 Å². The first-order valence-corrected chi connectivity index (χ1v) is 7.19. The van der Waals surface area contributed by atoms with E-state index in [0.29, 0.717) is 22.3 Å². The van der Waals surface area contributed by atoms with Crippen LogP contribution in [0.4, 0.5) is 5.69 Å². The molecular weight excluding hydrogens is 299 g/mol. The van der Waals surface area contributed by atoms with Crippen LogP contribution in [-0.4, -0.2) is 24.4 Å². The average molecular weight is 315 g/mol. The van der Waals surface area contributed by atoms with Crippen molar-refractivity contribution in [3.63, 3.8) is 0 Å². The zero-order valence-corrected chi connectivity index (χ0v) is 12.8. The molecule has 2 rings (SSSR count). The second kappa shape index (κ2) is 6.02. The largest absolute Gasteiger partial charge is 0.354 e. The molecule has 0 saturated carbocycles. The Labute approximate surface area is 128 Å². The van der Waals surface area contributed by atoms with Crippen molar-refractivity contribution in [2.45, 2.75) is 26.3 Å². The monoisotopic (exact) mass is 314 g/mol. The molecule has 4 nitrogen and oxygen atoms in total. The summed E-state index contributed by atoms with van der Waals surface area (Å²) < 4.78 is 0. The Balaban J connectivity index is 2.15. The Hall–Kier alpha value is -1.26. The molecule has 6 heteroatoms. The van der Waals surface area contributed by atoms with E-state index in [9.17, 15) is 9.59 Å². The molecule has 1 N–H and O–H groups in total. The molecule has 0 bridgehead atoms. The van der Waals surface area contributed by atoms with Crippen molar-refractivity contribution in [1.29, 1.82) is 0 Å². The Morgan fingerprint density at radius 3 is 2.45 bits per heavy atom. The highest BCUT2D eigenvalue weighted by molar-refractivity contribution is 6.35. The summed E-state index contributed by atoms with van der Waals surface area (Å²) in [5, 5.41) is 3.77. The number of benzene rings is 1. The second-order valence-corrected chi connectivity index (χ2v) is 6.07. The summed E-state index contributed by atoms with van der Waals surface area (Å²) in [6, 6.07) is 5.02. The Bertz CT molecular complexity index is 526. The molecule has 1 heterocycles. The molecule has 108 valence electrons. The van der Waals surface area contributed by atoms with E-state index in [-0.39, 0.29) is 30.2 Å². The van der Waals surface area contributed by atoms with Gasteiger partial charge in [0.25, 0.3) is 0 Å². The van der Waals surface area contributed by atoms with Crippen LogP contribution in [0.3, 0.4) is 0 Å². The molecule has 1 saturated heterocycles. The minimum atomic E-state index is -0.331. The van der Waals surface area contributed by atoms with Crippen molar-refractivity contribution in [3.8, 4) is 0 Å². The molecule has 0 spiro atoms. The smallest absolute Gasteiger partial charge is 0.227 e. The minimum Gasteiger partial charge on any atom is -0.354 e. The van der Waals surface area contributed by atoms with Gasteiger partial charge in [0, 0.05) is 34.7 Å². The standard InChI is InChI=1S/C14H16Cl2N2O2/c1-8(2)17-14(20)9-3-13(19)18(7-9)12-5-10(15)4-11(16)6-12/h4-6,8-9H,3,7H2,1-2H3,(H,17,20). The van der Waals surface area contributed by atoms with E-state index in [2.05, 4.69) is 5.32 Å². The maximum absolute atomic E-state index is 12.1. The zero-order chi connectivity index (χ0) is 14.9. The average Bonchev–Trinajstić information content (AvgIpc) is 2.69. The van der Waals surface area contributed by atoms with Gasteiger partial charge in [-0.1, -0.05) is 23.2 Å². The van der Waals surface area contributed by atoms with Gasteiger partial charge in [-0.15, -0.1) is 0 Å². The van der Waals surface area contributed by atoms with E-state index < -0.39 is 0 Å². The van der Waals surface area contributed by atoms with E-state index in [1.54, 1.807) is 23.1 Å². The maximum Gasteiger partial charge on any atom is 0.227 e. The minimum absolute atomic E-state index is 0.0623. The Kier molecular flexibility index (Phi) is 4.55. The van der Waals surface area contributed by atoms with Crippen LogP contribution in [0.25, 0.3) is 0 Å². The highest BCUT2D eigenvalue weighted by Crippen LogP contribution is 2.30. The molecule has 1 atom stereocenters. The molecule has 1 aromatic rings. The summed E-state index contributed by atoms with van der Waals surface area (Å²) in [5.41, 5.74) is 0.632. The summed E-state index contributed by atoms with van der Waals surface area (Å²) in [4.78, 5) is 25.6. The number of hydrogen-bond acceptors (Lipinski definition) is 2. The molecule has 0 aromatic heterocycles. The molecule has 0 aliphatic carbocycles. The molecule has 0 radical (unpaired) electrons. The zero-order valence-electron chi connectivity index (χ0n) is 11.3. The molecule has 20 heavy (non-hydrogen) atoms. The van der Waals surface area contributed by atoms with Gasteiger partial charge < -0.3 is 10.2 Å². The van der Waals surface area contributed by atoms with Crippen molar-refractivity contribution in [1.82, 2.24) is 5.32 Å². The van der Waals surface area contributed by atoms with Crippen molar-refractivity contribution in [2.75, 3.05) is 11.4 Å². The van der Waals surface area contributed by atoms with Crippen LogP contribution in [0.1, 0.15) is 20.3 Å². The quantitative estimate of drug-likeness (QED) is 0.932. The lowest BCUT2D eigenvalue weighted by atomic mass is 10.1. The first-order valence-electron chi connectivity index (χ1n) is 6.43. The molecule has 1 aliphatic rings. The van der Waals surface area contributed by atoms with Crippen LogP contribution >= 0.6 is 23.2 Å². The third-order valence-electron chi connectivity index (χ3n) is 3.09. The van der Waals surface area contributed by atoms with Crippen LogP contribution in [-0.2, 0) is 9.59 Å². The number of hydrogen-bond donors (Lipinski definition) is 1. The Morgan fingerprint density at radius 1 is 1.30 bits per heavy atom. The third-order valence-corrected chi connectivity index (χ3v) is 3.52. The van der Waals surface area contributed by atoms with Gasteiger partial charge in [-0.3, -0.25) is 9.59 Å². The third kappa shape index (κ3) is 3.44. The summed E-state index contributed by atoms with van der Waals surface area (Å²) in [5.74, 6) is -0.515. The normalized spacial score (nSPS) is 18.8. The van der Waals surface area contributed by atoms with Crippen LogP contribution < -0.4 is 10.2 Å². The first kappa shape index (κ1) is 15.1. The van der Waals surface area contributed by atoms with Crippen molar-refractivity contribution in [3.05, 3.63) is 28.2 Å². The van der Waals surface area contributed by atoms with Crippen molar-refractivity contribution < 1.29 is 9.59 Å².